The summed E-state index contributed by atoms with van der Waals surface area (Å²) in [5.74, 6) is -1.35. The second kappa shape index (κ2) is 5.07. The Morgan fingerprint density at radius 2 is 2.28 bits per heavy atom. The summed E-state index contributed by atoms with van der Waals surface area (Å²) in [5.41, 5.74) is 0.926. The van der Waals surface area contributed by atoms with E-state index in [1.54, 1.807) is 0 Å². The van der Waals surface area contributed by atoms with E-state index in [0.717, 1.165) is 12.0 Å². The predicted molar refractivity (Wildman–Crippen MR) is 66.8 cm³/mol. The van der Waals surface area contributed by atoms with Crippen molar-refractivity contribution in [3.05, 3.63) is 21.9 Å². The third kappa shape index (κ3) is 2.26. The van der Waals surface area contributed by atoms with E-state index in [9.17, 15) is 14.7 Å². The molecule has 1 aromatic heterocycles. The summed E-state index contributed by atoms with van der Waals surface area (Å²) in [7, 11) is 0. The van der Waals surface area contributed by atoms with E-state index in [4.69, 9.17) is 5.11 Å². The molecule has 2 atom stereocenters. The smallest absolute Gasteiger partial charge is 0.326 e. The van der Waals surface area contributed by atoms with Crippen molar-refractivity contribution in [1.29, 1.82) is 0 Å². The van der Waals surface area contributed by atoms with Crippen LogP contribution >= 0.6 is 11.3 Å². The van der Waals surface area contributed by atoms with E-state index >= 15 is 0 Å². The molecule has 0 radical (unpaired) electrons. The number of rotatable bonds is 3. The molecule has 0 spiro atoms. The lowest BCUT2D eigenvalue weighted by Gasteiger charge is -2.20. The van der Waals surface area contributed by atoms with Crippen molar-refractivity contribution in [2.24, 2.45) is 0 Å². The molecule has 5 nitrogen and oxygen atoms in total. The van der Waals surface area contributed by atoms with E-state index in [0.29, 0.717) is 4.88 Å². The van der Waals surface area contributed by atoms with Gasteiger partial charge < -0.3 is 15.1 Å². The number of aliphatic hydroxyl groups excluding tert-OH is 1. The number of nitrogens with zero attached hydrogens (tertiary/aromatic N) is 1. The average Bonchev–Trinajstić information content (AvgIpc) is 2.93. The van der Waals surface area contributed by atoms with Crippen molar-refractivity contribution < 1.29 is 19.8 Å². The van der Waals surface area contributed by atoms with Gasteiger partial charge in [-0.1, -0.05) is 6.92 Å². The SMILES string of the molecule is CCc1ccsc1C(=O)N1C[C@H](O)C[C@@H]1C(=O)O. The first-order chi connectivity index (χ1) is 8.54. The van der Waals surface area contributed by atoms with Gasteiger partial charge in [-0.15, -0.1) is 11.3 Å². The maximum Gasteiger partial charge on any atom is 0.326 e. The van der Waals surface area contributed by atoms with Gasteiger partial charge in [0.25, 0.3) is 5.91 Å². The monoisotopic (exact) mass is 269 g/mol. The minimum absolute atomic E-state index is 0.0941. The highest BCUT2D eigenvalue weighted by Gasteiger charge is 2.39. The molecule has 98 valence electrons. The minimum atomic E-state index is -1.06. The van der Waals surface area contributed by atoms with E-state index in [1.165, 1.54) is 16.2 Å². The largest absolute Gasteiger partial charge is 0.480 e. The summed E-state index contributed by atoms with van der Waals surface area (Å²) in [6.45, 7) is 2.04. The molecule has 1 fully saturated rings. The van der Waals surface area contributed by atoms with Crippen LogP contribution < -0.4 is 0 Å². The number of hydrogen-bond donors (Lipinski definition) is 2. The van der Waals surface area contributed by atoms with Crippen LogP contribution in [0.1, 0.15) is 28.6 Å². The van der Waals surface area contributed by atoms with Crippen LogP contribution in [0.15, 0.2) is 11.4 Å². The van der Waals surface area contributed by atoms with Gasteiger partial charge in [-0.25, -0.2) is 4.79 Å². The van der Waals surface area contributed by atoms with Crippen molar-refractivity contribution in [1.82, 2.24) is 4.90 Å². The maximum absolute atomic E-state index is 12.3. The minimum Gasteiger partial charge on any atom is -0.480 e. The van der Waals surface area contributed by atoms with Gasteiger partial charge in [-0.3, -0.25) is 4.79 Å². The summed E-state index contributed by atoms with van der Waals surface area (Å²) in [5, 5.41) is 20.4. The molecule has 2 N–H and O–H groups in total. The lowest BCUT2D eigenvalue weighted by atomic mass is 10.1. The zero-order valence-corrected chi connectivity index (χ0v) is 10.8. The quantitative estimate of drug-likeness (QED) is 0.857. The Balaban J connectivity index is 2.25. The first-order valence-corrected chi connectivity index (χ1v) is 6.70. The van der Waals surface area contributed by atoms with E-state index in [2.05, 4.69) is 0 Å². The topological polar surface area (TPSA) is 77.8 Å². The fourth-order valence-electron chi connectivity index (χ4n) is 2.20. The molecule has 1 aliphatic rings. The number of aliphatic carboxylic acids is 1. The molecule has 1 amide bonds. The number of hydrogen-bond acceptors (Lipinski definition) is 4. The zero-order chi connectivity index (χ0) is 13.3. The molecule has 2 rings (SSSR count). The first kappa shape index (κ1) is 13.0. The number of likely N-dealkylation sites (tertiary alicyclic amines) is 1. The number of aryl methyl sites for hydroxylation is 1. The van der Waals surface area contributed by atoms with Gasteiger partial charge in [0.05, 0.1) is 11.0 Å². The van der Waals surface area contributed by atoms with Gasteiger partial charge in [0, 0.05) is 13.0 Å². The van der Waals surface area contributed by atoms with Gasteiger partial charge in [0.1, 0.15) is 6.04 Å². The Morgan fingerprint density at radius 3 is 2.89 bits per heavy atom. The summed E-state index contributed by atoms with van der Waals surface area (Å²) < 4.78 is 0. The summed E-state index contributed by atoms with van der Waals surface area (Å²) in [6, 6.07) is 0.958. The Bertz CT molecular complexity index is 470. The molecular formula is C12H15NO4S. The third-order valence-electron chi connectivity index (χ3n) is 3.15. The highest BCUT2D eigenvalue weighted by Crippen LogP contribution is 2.25. The number of carboxylic acids is 1. The van der Waals surface area contributed by atoms with Crippen LogP contribution in [0.2, 0.25) is 0 Å². The van der Waals surface area contributed by atoms with E-state index < -0.39 is 18.1 Å². The van der Waals surface area contributed by atoms with Crippen molar-refractivity contribution in [3.63, 3.8) is 0 Å². The number of carbonyl (C=O) groups excluding carboxylic acids is 1. The standard InChI is InChI=1S/C12H15NO4S/c1-2-7-3-4-18-10(7)11(15)13-6-8(14)5-9(13)12(16)17/h3-4,8-9,14H,2,5-6H2,1H3,(H,16,17)/t8-,9-/m1/s1. The summed E-state index contributed by atoms with van der Waals surface area (Å²) in [4.78, 5) is 25.2. The number of carboxylic acid groups (broad SMARTS) is 1. The first-order valence-electron chi connectivity index (χ1n) is 5.82. The fraction of sp³-hybridized carbons (Fsp3) is 0.500. The van der Waals surface area contributed by atoms with Crippen LogP contribution in [0.25, 0.3) is 0 Å². The van der Waals surface area contributed by atoms with Crippen LogP contribution in [0.5, 0.6) is 0 Å². The van der Waals surface area contributed by atoms with Gasteiger partial charge in [0.2, 0.25) is 0 Å². The van der Waals surface area contributed by atoms with Gasteiger partial charge in [-0.05, 0) is 23.4 Å². The molecule has 1 saturated heterocycles. The van der Waals surface area contributed by atoms with Crippen LogP contribution in [-0.4, -0.2) is 45.7 Å². The molecule has 0 aliphatic carbocycles. The fourth-order valence-corrected chi connectivity index (χ4v) is 3.15. The molecule has 0 bridgehead atoms. The van der Waals surface area contributed by atoms with Crippen LogP contribution in [0, 0.1) is 0 Å². The predicted octanol–water partition coefficient (Wildman–Crippen LogP) is 0.971. The van der Waals surface area contributed by atoms with Crippen molar-refractivity contribution in [3.8, 4) is 0 Å². The summed E-state index contributed by atoms with van der Waals surface area (Å²) >= 11 is 1.32. The molecule has 1 aromatic rings. The number of carbonyl (C=O) groups is 2. The number of thiophene rings is 1. The molecule has 0 aromatic carbocycles. The summed E-state index contributed by atoms with van der Waals surface area (Å²) in [6.07, 6.45) is 0.0900. The van der Waals surface area contributed by atoms with Gasteiger partial charge in [0.15, 0.2) is 0 Å². The Hall–Kier alpha value is -1.40. The van der Waals surface area contributed by atoms with Crippen molar-refractivity contribution >= 4 is 23.2 Å². The number of β-amino-alcohol motifs (C(OH)–C–C–N with tert-alkyl or cyclic N) is 1. The average molecular weight is 269 g/mol. The Morgan fingerprint density at radius 1 is 1.56 bits per heavy atom. The highest BCUT2D eigenvalue weighted by atomic mass is 32.1. The second-order valence-corrected chi connectivity index (χ2v) is 5.25. The van der Waals surface area contributed by atoms with E-state index in [-0.39, 0.29) is 18.9 Å². The lowest BCUT2D eigenvalue weighted by Crippen LogP contribution is -2.40. The highest BCUT2D eigenvalue weighted by molar-refractivity contribution is 7.12. The second-order valence-electron chi connectivity index (χ2n) is 4.33. The molecule has 6 heteroatoms. The molecule has 0 saturated carbocycles. The molecule has 0 unspecified atom stereocenters. The van der Waals surface area contributed by atoms with Crippen molar-refractivity contribution in [2.45, 2.75) is 31.9 Å². The zero-order valence-electron chi connectivity index (χ0n) is 10.00. The Labute approximate surface area is 109 Å². The van der Waals surface area contributed by atoms with Crippen LogP contribution in [0.3, 0.4) is 0 Å². The van der Waals surface area contributed by atoms with Crippen LogP contribution in [0.4, 0.5) is 0 Å². The number of amides is 1. The molecule has 1 aliphatic heterocycles. The Kier molecular flexibility index (Phi) is 3.68. The van der Waals surface area contributed by atoms with Crippen molar-refractivity contribution in [2.75, 3.05) is 6.54 Å². The van der Waals surface area contributed by atoms with Gasteiger partial charge >= 0.3 is 5.97 Å². The molecule has 18 heavy (non-hydrogen) atoms. The molecule has 2 heterocycles. The molecular weight excluding hydrogens is 254 g/mol. The van der Waals surface area contributed by atoms with E-state index in [1.807, 2.05) is 18.4 Å². The lowest BCUT2D eigenvalue weighted by molar-refractivity contribution is -0.141. The number of aliphatic hydroxyl groups is 1. The third-order valence-corrected chi connectivity index (χ3v) is 4.09. The normalized spacial score (nSPS) is 23.3. The van der Waals surface area contributed by atoms with Gasteiger partial charge in [-0.2, -0.15) is 0 Å². The maximum atomic E-state index is 12.3. The van der Waals surface area contributed by atoms with Crippen LogP contribution in [-0.2, 0) is 11.2 Å².